The van der Waals surface area contributed by atoms with Crippen molar-refractivity contribution in [3.8, 4) is 0 Å². The smallest absolute Gasteiger partial charge is 0.326 e. The van der Waals surface area contributed by atoms with Gasteiger partial charge in [-0.1, -0.05) is 20.8 Å². The van der Waals surface area contributed by atoms with Crippen molar-refractivity contribution in [2.24, 2.45) is 5.41 Å². The number of hydrogen-bond donors (Lipinski definition) is 2. The molecule has 6 nitrogen and oxygen atoms in total. The number of nitrogens with one attached hydrogen (secondary N) is 1. The summed E-state index contributed by atoms with van der Waals surface area (Å²) in [7, 11) is 0. The second-order valence-corrected chi connectivity index (χ2v) is 4.81. The summed E-state index contributed by atoms with van der Waals surface area (Å²) in [5, 5.41) is 11.5. The van der Waals surface area contributed by atoms with Crippen LogP contribution in [0.25, 0.3) is 0 Å². The number of aliphatic carboxylic acids is 1. The first-order valence-electron chi connectivity index (χ1n) is 5.30. The average molecular weight is 243 g/mol. The molecule has 0 spiro atoms. The first-order valence-corrected chi connectivity index (χ1v) is 5.30. The molecule has 0 aliphatic carbocycles. The van der Waals surface area contributed by atoms with Gasteiger partial charge in [-0.25, -0.2) is 4.79 Å². The molecule has 1 aliphatic heterocycles. The van der Waals surface area contributed by atoms with Crippen LogP contribution in [0, 0.1) is 5.41 Å². The summed E-state index contributed by atoms with van der Waals surface area (Å²) >= 11 is 0. The van der Waals surface area contributed by atoms with Gasteiger partial charge in [-0.2, -0.15) is 0 Å². The third-order valence-corrected chi connectivity index (χ3v) is 2.26. The van der Waals surface area contributed by atoms with E-state index in [4.69, 9.17) is 14.6 Å². The van der Waals surface area contributed by atoms with E-state index >= 15 is 0 Å². The fourth-order valence-electron chi connectivity index (χ4n) is 1.34. The minimum Gasteiger partial charge on any atom is -0.494 e. The molecular weight excluding hydrogens is 226 g/mol. The summed E-state index contributed by atoms with van der Waals surface area (Å²) < 4.78 is 10.00. The molecule has 2 N–H and O–H groups in total. The van der Waals surface area contributed by atoms with E-state index in [0.29, 0.717) is 6.61 Å². The Morgan fingerprint density at radius 3 is 2.47 bits per heavy atom. The van der Waals surface area contributed by atoms with Crippen molar-refractivity contribution in [2.45, 2.75) is 26.8 Å². The summed E-state index contributed by atoms with van der Waals surface area (Å²) in [6, 6.07) is -0.985. The van der Waals surface area contributed by atoms with Crippen LogP contribution in [-0.4, -0.2) is 36.2 Å². The number of amides is 1. The Labute approximate surface area is 99.6 Å². The maximum atomic E-state index is 11.7. The summed E-state index contributed by atoms with van der Waals surface area (Å²) in [5.41, 5.74) is -0.586. The molecule has 1 amide bonds. The Morgan fingerprint density at radius 2 is 2.06 bits per heavy atom. The Kier molecular flexibility index (Phi) is 3.98. The normalized spacial score (nSPS) is 17.2. The van der Waals surface area contributed by atoms with E-state index in [2.05, 4.69) is 5.32 Å². The van der Waals surface area contributed by atoms with Crippen molar-refractivity contribution in [1.29, 1.82) is 0 Å². The van der Waals surface area contributed by atoms with Gasteiger partial charge < -0.3 is 19.9 Å². The third-order valence-electron chi connectivity index (χ3n) is 2.26. The first-order chi connectivity index (χ1) is 7.82. The van der Waals surface area contributed by atoms with E-state index in [1.807, 2.05) is 0 Å². The Hall–Kier alpha value is -1.72. The second kappa shape index (κ2) is 5.07. The van der Waals surface area contributed by atoms with Crippen molar-refractivity contribution in [3.63, 3.8) is 0 Å². The number of hydrogen-bond acceptors (Lipinski definition) is 4. The van der Waals surface area contributed by atoms with E-state index < -0.39 is 23.3 Å². The van der Waals surface area contributed by atoms with Gasteiger partial charge in [0.2, 0.25) is 5.76 Å². The molecule has 1 rings (SSSR count). The molecule has 6 heteroatoms. The molecule has 96 valence electrons. The lowest BCUT2D eigenvalue weighted by Gasteiger charge is -2.28. The van der Waals surface area contributed by atoms with Crippen molar-refractivity contribution < 1.29 is 24.2 Å². The number of carbonyl (C=O) groups excluding carboxylic acids is 1. The first kappa shape index (κ1) is 13.3. The minimum atomic E-state index is -1.08. The molecule has 0 fully saturated rings. The maximum Gasteiger partial charge on any atom is 0.326 e. The molecule has 0 bridgehead atoms. The predicted molar refractivity (Wildman–Crippen MR) is 59.0 cm³/mol. The SMILES string of the molecule is CC(C)(C)C(NC(=O)C1=COCCO1)C(=O)O. The summed E-state index contributed by atoms with van der Waals surface area (Å²) in [6.45, 7) is 5.88. The van der Waals surface area contributed by atoms with Crippen LogP contribution in [-0.2, 0) is 19.1 Å². The monoisotopic (exact) mass is 243 g/mol. The van der Waals surface area contributed by atoms with Gasteiger partial charge in [0, 0.05) is 0 Å². The van der Waals surface area contributed by atoms with Crippen molar-refractivity contribution in [2.75, 3.05) is 13.2 Å². The molecule has 0 radical (unpaired) electrons. The number of carboxylic acids is 1. The molecule has 0 aromatic heterocycles. The van der Waals surface area contributed by atoms with Crippen molar-refractivity contribution in [3.05, 3.63) is 12.0 Å². The largest absolute Gasteiger partial charge is 0.494 e. The van der Waals surface area contributed by atoms with Crippen LogP contribution >= 0.6 is 0 Å². The topological polar surface area (TPSA) is 84.9 Å². The predicted octanol–water partition coefficient (Wildman–Crippen LogP) is 0.490. The highest BCUT2D eigenvalue weighted by atomic mass is 16.6. The van der Waals surface area contributed by atoms with Crippen LogP contribution in [0.1, 0.15) is 20.8 Å². The number of carbonyl (C=O) groups is 2. The second-order valence-electron chi connectivity index (χ2n) is 4.81. The zero-order chi connectivity index (χ0) is 13.1. The number of rotatable bonds is 3. The molecule has 0 aromatic rings. The van der Waals surface area contributed by atoms with Crippen LogP contribution in [0.3, 0.4) is 0 Å². The van der Waals surface area contributed by atoms with Gasteiger partial charge in [-0.3, -0.25) is 4.79 Å². The Balaban J connectivity index is 2.71. The zero-order valence-corrected chi connectivity index (χ0v) is 10.1. The van der Waals surface area contributed by atoms with Crippen molar-refractivity contribution in [1.82, 2.24) is 5.32 Å². The Bertz CT molecular complexity index is 342. The molecule has 0 aromatic carbocycles. The van der Waals surface area contributed by atoms with Crippen molar-refractivity contribution >= 4 is 11.9 Å². The fraction of sp³-hybridized carbons (Fsp3) is 0.636. The lowest BCUT2D eigenvalue weighted by molar-refractivity contribution is -0.145. The van der Waals surface area contributed by atoms with Gasteiger partial charge >= 0.3 is 5.97 Å². The summed E-state index contributed by atoms with van der Waals surface area (Å²) in [6.07, 6.45) is 1.19. The van der Waals surface area contributed by atoms with Crippen LogP contribution in [0.4, 0.5) is 0 Å². The minimum absolute atomic E-state index is 0.00625. The highest BCUT2D eigenvalue weighted by Crippen LogP contribution is 2.20. The van der Waals surface area contributed by atoms with E-state index in [1.54, 1.807) is 20.8 Å². The highest BCUT2D eigenvalue weighted by molar-refractivity contribution is 5.94. The van der Waals surface area contributed by atoms with Gasteiger partial charge in [0.15, 0.2) is 0 Å². The van der Waals surface area contributed by atoms with Crippen LogP contribution in [0.15, 0.2) is 12.0 Å². The van der Waals surface area contributed by atoms with Gasteiger partial charge in [-0.15, -0.1) is 0 Å². The lowest BCUT2D eigenvalue weighted by Crippen LogP contribution is -2.49. The quantitative estimate of drug-likeness (QED) is 0.753. The maximum absolute atomic E-state index is 11.7. The lowest BCUT2D eigenvalue weighted by atomic mass is 9.87. The van der Waals surface area contributed by atoms with E-state index in [1.165, 1.54) is 6.26 Å². The van der Waals surface area contributed by atoms with Gasteiger partial charge in [0.1, 0.15) is 25.5 Å². The fourth-order valence-corrected chi connectivity index (χ4v) is 1.34. The molecule has 1 aliphatic rings. The zero-order valence-electron chi connectivity index (χ0n) is 10.1. The van der Waals surface area contributed by atoms with E-state index in [9.17, 15) is 9.59 Å². The van der Waals surface area contributed by atoms with Crippen LogP contribution in [0.5, 0.6) is 0 Å². The summed E-state index contributed by atoms with van der Waals surface area (Å²) in [4.78, 5) is 22.8. The van der Waals surface area contributed by atoms with Gasteiger partial charge in [-0.05, 0) is 5.41 Å². The molecule has 1 heterocycles. The Morgan fingerprint density at radius 1 is 1.41 bits per heavy atom. The van der Waals surface area contributed by atoms with E-state index in [0.717, 1.165) is 0 Å². The number of carboxylic acid groups (broad SMARTS) is 1. The van der Waals surface area contributed by atoms with Crippen LogP contribution < -0.4 is 5.32 Å². The molecule has 0 saturated carbocycles. The van der Waals surface area contributed by atoms with Gasteiger partial charge in [0.25, 0.3) is 5.91 Å². The van der Waals surface area contributed by atoms with Crippen LogP contribution in [0.2, 0.25) is 0 Å². The number of ether oxygens (including phenoxy) is 2. The highest BCUT2D eigenvalue weighted by Gasteiger charge is 2.33. The molecule has 17 heavy (non-hydrogen) atoms. The average Bonchev–Trinajstić information content (AvgIpc) is 2.24. The molecule has 0 saturated heterocycles. The molecular formula is C11H17NO5. The molecule has 1 unspecified atom stereocenters. The third kappa shape index (κ3) is 3.65. The summed E-state index contributed by atoms with van der Waals surface area (Å²) in [5.74, 6) is -1.65. The van der Waals surface area contributed by atoms with Gasteiger partial charge in [0.05, 0.1) is 0 Å². The van der Waals surface area contributed by atoms with E-state index in [-0.39, 0.29) is 12.4 Å². The molecule has 1 atom stereocenters. The standard InChI is InChI=1S/C11H17NO5/c1-11(2,3)8(10(14)15)12-9(13)7-6-16-4-5-17-7/h6,8H,4-5H2,1-3H3,(H,12,13)(H,14,15).